The van der Waals surface area contributed by atoms with E-state index in [1.165, 1.54) is 43.4 Å². The molecule has 0 amide bonds. The molecule has 1 nitrogen and oxygen atoms in total. The van der Waals surface area contributed by atoms with E-state index >= 15 is 0 Å². The van der Waals surface area contributed by atoms with Crippen LogP contribution in [0.25, 0.3) is 10.8 Å². The Kier molecular flexibility index (Phi) is 6.15. The van der Waals surface area contributed by atoms with E-state index in [-0.39, 0.29) is 11.1 Å². The number of hydrogen-bond donors (Lipinski definition) is 0. The molecular weight excluding hydrogens is 388 g/mol. The molecule has 0 atom stereocenters. The molecule has 3 aromatic carbocycles. The van der Waals surface area contributed by atoms with Gasteiger partial charge in [0.2, 0.25) is 0 Å². The number of hydrogen-bond acceptors (Lipinski definition) is 1. The summed E-state index contributed by atoms with van der Waals surface area (Å²) in [6, 6.07) is 16.6. The number of benzene rings is 3. The fourth-order valence-electron chi connectivity index (χ4n) is 4.50. The quantitative estimate of drug-likeness (QED) is 0.329. The van der Waals surface area contributed by atoms with Crippen LogP contribution in [0.5, 0.6) is 0 Å². The lowest BCUT2D eigenvalue weighted by Gasteiger charge is -2.28. The molecule has 0 spiro atoms. The number of allylic oxidation sites excluding steroid dienone is 1. The minimum atomic E-state index is -1.15. The van der Waals surface area contributed by atoms with Crippen molar-refractivity contribution in [2.24, 2.45) is 5.92 Å². The van der Waals surface area contributed by atoms with Gasteiger partial charge in [-0.25, -0.2) is 8.78 Å². The van der Waals surface area contributed by atoms with Gasteiger partial charge in [-0.3, -0.25) is 0 Å². The highest BCUT2D eigenvalue weighted by molar-refractivity contribution is 5.89. The summed E-state index contributed by atoms with van der Waals surface area (Å²) in [5.41, 5.74) is 1.75. The second kappa shape index (κ2) is 9.15. The van der Waals surface area contributed by atoms with Crippen molar-refractivity contribution in [3.05, 3.63) is 95.1 Å². The molecule has 0 bridgehead atoms. The van der Waals surface area contributed by atoms with E-state index in [4.69, 9.17) is 5.26 Å². The van der Waals surface area contributed by atoms with E-state index in [9.17, 15) is 8.78 Å². The first-order valence-corrected chi connectivity index (χ1v) is 10.6. The van der Waals surface area contributed by atoms with Crippen LogP contribution in [0.2, 0.25) is 0 Å². The fraction of sp³-hybridized carbons (Fsp3) is 0.250. The summed E-state index contributed by atoms with van der Waals surface area (Å²) in [5, 5.41) is 10.9. The van der Waals surface area contributed by atoms with Crippen LogP contribution < -0.4 is 0 Å². The SMILES string of the molecule is C=CCC1CCC(c2ccc3c(C#Cc4ccc(C#N)c(F)c4F)cccc3c2)CC1. The maximum Gasteiger partial charge on any atom is 0.177 e. The van der Waals surface area contributed by atoms with Crippen LogP contribution in [-0.4, -0.2) is 0 Å². The minimum Gasteiger partial charge on any atom is -0.202 e. The van der Waals surface area contributed by atoms with E-state index < -0.39 is 11.6 Å². The van der Waals surface area contributed by atoms with Gasteiger partial charge in [0.1, 0.15) is 6.07 Å². The third kappa shape index (κ3) is 4.37. The van der Waals surface area contributed by atoms with E-state index in [1.807, 2.05) is 18.2 Å². The molecule has 1 aliphatic carbocycles. The Morgan fingerprint density at radius 3 is 2.35 bits per heavy atom. The lowest BCUT2D eigenvalue weighted by atomic mass is 9.77. The van der Waals surface area contributed by atoms with Gasteiger partial charge in [0.15, 0.2) is 11.6 Å². The van der Waals surface area contributed by atoms with Crippen molar-refractivity contribution in [2.45, 2.75) is 38.0 Å². The Hall–Kier alpha value is -3.43. The van der Waals surface area contributed by atoms with Crippen molar-refractivity contribution in [2.75, 3.05) is 0 Å². The van der Waals surface area contributed by atoms with Gasteiger partial charge in [-0.05, 0) is 78.5 Å². The summed E-state index contributed by atoms with van der Waals surface area (Å²) >= 11 is 0. The summed E-state index contributed by atoms with van der Waals surface area (Å²) in [4.78, 5) is 0. The van der Waals surface area contributed by atoms with Crippen LogP contribution in [0.15, 0.2) is 61.2 Å². The Morgan fingerprint density at radius 1 is 0.903 bits per heavy atom. The lowest BCUT2D eigenvalue weighted by Crippen LogP contribution is -2.12. The fourth-order valence-corrected chi connectivity index (χ4v) is 4.50. The van der Waals surface area contributed by atoms with Crippen molar-refractivity contribution >= 4 is 10.8 Å². The maximum absolute atomic E-state index is 14.2. The van der Waals surface area contributed by atoms with Crippen LogP contribution in [0.1, 0.15) is 60.3 Å². The van der Waals surface area contributed by atoms with Gasteiger partial charge in [0, 0.05) is 5.56 Å². The van der Waals surface area contributed by atoms with Crippen LogP contribution in [0, 0.1) is 40.7 Å². The van der Waals surface area contributed by atoms with Crippen LogP contribution >= 0.6 is 0 Å². The summed E-state index contributed by atoms with van der Waals surface area (Å²) in [5.74, 6) is 4.82. The summed E-state index contributed by atoms with van der Waals surface area (Å²) in [6.45, 7) is 3.86. The third-order valence-corrected chi connectivity index (χ3v) is 6.26. The minimum absolute atomic E-state index is 0.0543. The predicted molar refractivity (Wildman–Crippen MR) is 121 cm³/mol. The Labute approximate surface area is 182 Å². The van der Waals surface area contributed by atoms with Gasteiger partial charge >= 0.3 is 0 Å². The molecule has 31 heavy (non-hydrogen) atoms. The summed E-state index contributed by atoms with van der Waals surface area (Å²) in [6.07, 6.45) is 8.03. The second-order valence-corrected chi connectivity index (χ2v) is 8.18. The topological polar surface area (TPSA) is 23.8 Å². The Balaban J connectivity index is 1.61. The van der Waals surface area contributed by atoms with Gasteiger partial charge in [-0.15, -0.1) is 6.58 Å². The molecule has 154 valence electrons. The maximum atomic E-state index is 14.2. The zero-order chi connectivity index (χ0) is 21.8. The first kappa shape index (κ1) is 20.8. The van der Waals surface area contributed by atoms with E-state index in [1.54, 1.807) is 6.07 Å². The highest BCUT2D eigenvalue weighted by Gasteiger charge is 2.21. The molecule has 3 heteroatoms. The Bertz CT molecular complexity index is 1230. The van der Waals surface area contributed by atoms with Crippen LogP contribution in [0.3, 0.4) is 0 Å². The lowest BCUT2D eigenvalue weighted by molar-refractivity contribution is 0.328. The van der Waals surface area contributed by atoms with E-state index in [2.05, 4.69) is 42.7 Å². The average Bonchev–Trinajstić information content (AvgIpc) is 2.80. The predicted octanol–water partition coefficient (Wildman–Crippen LogP) is 7.24. The van der Waals surface area contributed by atoms with Crippen molar-refractivity contribution in [3.63, 3.8) is 0 Å². The van der Waals surface area contributed by atoms with Gasteiger partial charge in [0.25, 0.3) is 0 Å². The largest absolute Gasteiger partial charge is 0.202 e. The van der Waals surface area contributed by atoms with Crippen LogP contribution in [0.4, 0.5) is 8.78 Å². The molecule has 0 radical (unpaired) electrons. The molecule has 3 aromatic rings. The highest BCUT2D eigenvalue weighted by atomic mass is 19.2. The molecule has 0 saturated heterocycles. The summed E-state index contributed by atoms with van der Waals surface area (Å²) < 4.78 is 28.0. The van der Waals surface area contributed by atoms with Crippen molar-refractivity contribution in [1.29, 1.82) is 5.26 Å². The number of nitriles is 1. The average molecular weight is 411 g/mol. The van der Waals surface area contributed by atoms with Crippen molar-refractivity contribution in [1.82, 2.24) is 0 Å². The third-order valence-electron chi connectivity index (χ3n) is 6.26. The summed E-state index contributed by atoms with van der Waals surface area (Å²) in [7, 11) is 0. The number of halogens is 2. The normalized spacial score (nSPS) is 18.1. The first-order chi connectivity index (χ1) is 15.1. The van der Waals surface area contributed by atoms with Gasteiger partial charge in [0.05, 0.1) is 11.1 Å². The zero-order valence-electron chi connectivity index (χ0n) is 17.3. The standard InChI is InChI=1S/C28H23F2N/c1-2-4-19-7-9-20(10-8-19)23-15-16-26-21(5-3-6-24(26)17-23)11-12-22-13-14-25(18-31)28(30)27(22)29/h2-3,5-6,13-17,19-20H,1,4,7-10H2. The molecule has 1 saturated carbocycles. The van der Waals surface area contributed by atoms with Crippen molar-refractivity contribution < 1.29 is 8.78 Å². The molecule has 0 heterocycles. The van der Waals surface area contributed by atoms with E-state index in [0.717, 1.165) is 28.7 Å². The van der Waals surface area contributed by atoms with Crippen LogP contribution in [-0.2, 0) is 0 Å². The molecule has 0 N–H and O–H groups in total. The zero-order valence-corrected chi connectivity index (χ0v) is 17.3. The first-order valence-electron chi connectivity index (χ1n) is 10.6. The van der Waals surface area contributed by atoms with Gasteiger partial charge in [-0.2, -0.15) is 5.26 Å². The molecule has 4 rings (SSSR count). The molecular formula is C28H23F2N. The molecule has 1 fully saturated rings. The van der Waals surface area contributed by atoms with Gasteiger partial charge in [-0.1, -0.05) is 48.2 Å². The Morgan fingerprint density at radius 2 is 1.61 bits per heavy atom. The number of fused-ring (bicyclic) bond motifs is 1. The van der Waals surface area contributed by atoms with Gasteiger partial charge < -0.3 is 0 Å². The number of nitrogens with zero attached hydrogens (tertiary/aromatic N) is 1. The van der Waals surface area contributed by atoms with Crippen molar-refractivity contribution in [3.8, 4) is 17.9 Å². The highest BCUT2D eigenvalue weighted by Crippen LogP contribution is 2.38. The smallest absolute Gasteiger partial charge is 0.177 e. The number of rotatable bonds is 3. The molecule has 1 aliphatic rings. The van der Waals surface area contributed by atoms with E-state index in [0.29, 0.717) is 5.92 Å². The molecule has 0 aliphatic heterocycles. The second-order valence-electron chi connectivity index (χ2n) is 8.18. The monoisotopic (exact) mass is 411 g/mol. The molecule has 0 aromatic heterocycles. The molecule has 0 unspecified atom stereocenters.